The summed E-state index contributed by atoms with van der Waals surface area (Å²) in [6.45, 7) is 9.07. The van der Waals surface area contributed by atoms with Crippen LogP contribution in [0.3, 0.4) is 0 Å². The minimum absolute atomic E-state index is 0.124. The van der Waals surface area contributed by atoms with Crippen molar-refractivity contribution in [3.05, 3.63) is 35.9 Å². The predicted molar refractivity (Wildman–Crippen MR) is 94.2 cm³/mol. The van der Waals surface area contributed by atoms with Crippen molar-refractivity contribution in [3.63, 3.8) is 0 Å². The van der Waals surface area contributed by atoms with Gasteiger partial charge in [0.05, 0.1) is 22.7 Å². The number of benzene rings is 1. The van der Waals surface area contributed by atoms with Gasteiger partial charge < -0.3 is 10.1 Å². The first-order chi connectivity index (χ1) is 10.6. The summed E-state index contributed by atoms with van der Waals surface area (Å²) < 4.78 is 30.4. The first kappa shape index (κ1) is 18.4. The number of hydrogen-bond donors (Lipinski definition) is 1. The van der Waals surface area contributed by atoms with Crippen LogP contribution in [0.15, 0.2) is 30.3 Å². The average molecular weight is 340 g/mol. The number of nitrogens with one attached hydrogen (secondary N) is 1. The lowest BCUT2D eigenvalue weighted by Crippen LogP contribution is -2.43. The minimum atomic E-state index is -3.05. The largest absolute Gasteiger partial charge is 0.368 e. The molecular weight excluding hydrogens is 310 g/mol. The van der Waals surface area contributed by atoms with Crippen LogP contribution >= 0.6 is 0 Å². The van der Waals surface area contributed by atoms with E-state index in [1.165, 1.54) is 0 Å². The highest BCUT2D eigenvalue weighted by molar-refractivity contribution is 7.90. The van der Waals surface area contributed by atoms with Crippen LogP contribution in [0.25, 0.3) is 0 Å². The summed E-state index contributed by atoms with van der Waals surface area (Å²) in [6, 6.07) is 9.61. The van der Waals surface area contributed by atoms with Crippen molar-refractivity contribution in [2.45, 2.75) is 63.5 Å². The van der Waals surface area contributed by atoms with Crippen LogP contribution in [0.2, 0.25) is 0 Å². The Morgan fingerprint density at radius 3 is 2.39 bits per heavy atom. The molecule has 1 heterocycles. The van der Waals surface area contributed by atoms with Gasteiger partial charge in [-0.15, -0.1) is 0 Å². The molecule has 23 heavy (non-hydrogen) atoms. The van der Waals surface area contributed by atoms with Gasteiger partial charge in [0.2, 0.25) is 0 Å². The highest BCUT2D eigenvalue weighted by Crippen LogP contribution is 2.37. The second kappa shape index (κ2) is 6.91. The summed E-state index contributed by atoms with van der Waals surface area (Å²) >= 11 is 0. The zero-order chi connectivity index (χ0) is 17.1. The lowest BCUT2D eigenvalue weighted by Gasteiger charge is -2.27. The molecule has 0 spiro atoms. The Morgan fingerprint density at radius 1 is 1.17 bits per heavy atom. The third kappa shape index (κ3) is 5.59. The van der Waals surface area contributed by atoms with Crippen molar-refractivity contribution < 1.29 is 13.2 Å². The van der Waals surface area contributed by atoms with E-state index in [-0.39, 0.29) is 28.7 Å². The van der Waals surface area contributed by atoms with Gasteiger partial charge in [0.1, 0.15) is 0 Å². The van der Waals surface area contributed by atoms with Crippen molar-refractivity contribution >= 4 is 9.84 Å². The Labute approximate surface area is 140 Å². The highest BCUT2D eigenvalue weighted by Gasteiger charge is 2.45. The van der Waals surface area contributed by atoms with Crippen LogP contribution in [-0.4, -0.2) is 38.0 Å². The third-order valence-corrected chi connectivity index (χ3v) is 6.01. The van der Waals surface area contributed by atoms with Crippen LogP contribution in [-0.2, 0) is 20.3 Å². The molecule has 0 saturated carbocycles. The van der Waals surface area contributed by atoms with Crippen LogP contribution in [0.5, 0.6) is 0 Å². The summed E-state index contributed by atoms with van der Waals surface area (Å²) in [5.74, 6) is 0.338. The monoisotopic (exact) mass is 339 g/mol. The van der Waals surface area contributed by atoms with Crippen molar-refractivity contribution in [2.75, 3.05) is 12.3 Å². The molecule has 1 N–H and O–H groups in total. The Bertz CT molecular complexity index is 608. The molecular formula is C18H29NO3S. The molecule has 0 aromatic heterocycles. The molecule has 1 saturated heterocycles. The van der Waals surface area contributed by atoms with E-state index in [4.69, 9.17) is 4.74 Å². The minimum Gasteiger partial charge on any atom is -0.368 e. The number of ether oxygens (including phenoxy) is 1. The van der Waals surface area contributed by atoms with Gasteiger partial charge in [0.25, 0.3) is 0 Å². The van der Waals surface area contributed by atoms with E-state index in [9.17, 15) is 8.42 Å². The maximum atomic E-state index is 12.2. The lowest BCUT2D eigenvalue weighted by molar-refractivity contribution is -0.0697. The fourth-order valence-corrected chi connectivity index (χ4v) is 4.78. The molecule has 1 fully saturated rings. The molecule has 1 aromatic rings. The summed E-state index contributed by atoms with van der Waals surface area (Å²) in [4.78, 5) is 0. The molecule has 1 aromatic carbocycles. The molecule has 0 bridgehead atoms. The van der Waals surface area contributed by atoms with Gasteiger partial charge in [-0.05, 0) is 52.6 Å². The lowest BCUT2D eigenvalue weighted by atomic mass is 9.94. The Kier molecular flexibility index (Phi) is 5.54. The van der Waals surface area contributed by atoms with E-state index >= 15 is 0 Å². The summed E-state index contributed by atoms with van der Waals surface area (Å²) in [5, 5.41) is 3.47. The van der Waals surface area contributed by atoms with Gasteiger partial charge in [-0.25, -0.2) is 8.42 Å². The second-order valence-corrected chi connectivity index (χ2v) is 9.79. The van der Waals surface area contributed by atoms with Gasteiger partial charge in [-0.3, -0.25) is 0 Å². The fraction of sp³-hybridized carbons (Fsp3) is 0.667. The zero-order valence-corrected chi connectivity index (χ0v) is 15.4. The van der Waals surface area contributed by atoms with E-state index in [2.05, 4.69) is 33.0 Å². The zero-order valence-electron chi connectivity index (χ0n) is 14.6. The predicted octanol–water partition coefficient (Wildman–Crippen LogP) is 2.93. The summed E-state index contributed by atoms with van der Waals surface area (Å²) in [6.07, 6.45) is 1.57. The van der Waals surface area contributed by atoms with E-state index in [0.717, 1.165) is 12.0 Å². The molecule has 4 nitrogen and oxygen atoms in total. The maximum Gasteiger partial charge on any atom is 0.154 e. The molecule has 130 valence electrons. The number of rotatable bonds is 7. The smallest absolute Gasteiger partial charge is 0.154 e. The molecule has 0 unspecified atom stereocenters. The molecule has 1 atom stereocenters. The van der Waals surface area contributed by atoms with Gasteiger partial charge in [-0.1, -0.05) is 30.3 Å². The SMILES string of the molecule is CC1(C)C[C@@H](NCCCS(=O)(=O)Cc2ccccc2)C(C)(C)O1. The summed E-state index contributed by atoms with van der Waals surface area (Å²) in [5.41, 5.74) is 0.514. The van der Waals surface area contributed by atoms with E-state index in [1.807, 2.05) is 30.3 Å². The van der Waals surface area contributed by atoms with Crippen LogP contribution < -0.4 is 5.32 Å². The molecule has 2 rings (SSSR count). The molecule has 1 aliphatic rings. The Morgan fingerprint density at radius 2 is 1.83 bits per heavy atom. The number of sulfone groups is 1. The van der Waals surface area contributed by atoms with Crippen molar-refractivity contribution in [1.29, 1.82) is 0 Å². The van der Waals surface area contributed by atoms with Crippen molar-refractivity contribution in [1.82, 2.24) is 5.32 Å². The van der Waals surface area contributed by atoms with Crippen molar-refractivity contribution in [3.8, 4) is 0 Å². The number of hydrogen-bond acceptors (Lipinski definition) is 4. The van der Waals surface area contributed by atoms with Gasteiger partial charge in [0.15, 0.2) is 9.84 Å². The first-order valence-corrected chi connectivity index (χ1v) is 10.1. The third-order valence-electron chi connectivity index (χ3n) is 4.33. The molecule has 5 heteroatoms. The standard InChI is InChI=1S/C18H29NO3S/c1-17(2)13-16(18(3,4)22-17)19-11-8-12-23(20,21)14-15-9-6-5-7-10-15/h5-7,9-10,16,19H,8,11-14H2,1-4H3/t16-/m1/s1. The molecule has 0 aliphatic carbocycles. The van der Waals surface area contributed by atoms with Crippen LogP contribution in [0.1, 0.15) is 46.1 Å². The summed E-state index contributed by atoms with van der Waals surface area (Å²) in [7, 11) is -3.05. The second-order valence-electron chi connectivity index (χ2n) is 7.61. The van der Waals surface area contributed by atoms with Crippen LogP contribution in [0, 0.1) is 0 Å². The van der Waals surface area contributed by atoms with Crippen LogP contribution in [0.4, 0.5) is 0 Å². The quantitative estimate of drug-likeness (QED) is 0.776. The molecule has 0 radical (unpaired) electrons. The average Bonchev–Trinajstić information content (AvgIpc) is 2.63. The maximum absolute atomic E-state index is 12.2. The molecule has 0 amide bonds. The van der Waals surface area contributed by atoms with Crippen molar-refractivity contribution in [2.24, 2.45) is 0 Å². The van der Waals surface area contributed by atoms with E-state index in [0.29, 0.717) is 13.0 Å². The van der Waals surface area contributed by atoms with Gasteiger partial charge in [-0.2, -0.15) is 0 Å². The Balaban J connectivity index is 1.77. The molecule has 1 aliphatic heterocycles. The first-order valence-electron chi connectivity index (χ1n) is 8.28. The fourth-order valence-electron chi connectivity index (χ4n) is 3.35. The van der Waals surface area contributed by atoms with Gasteiger partial charge in [0, 0.05) is 6.04 Å². The van der Waals surface area contributed by atoms with E-state index in [1.54, 1.807) is 0 Å². The highest BCUT2D eigenvalue weighted by atomic mass is 32.2. The van der Waals surface area contributed by atoms with Gasteiger partial charge >= 0.3 is 0 Å². The Hall–Kier alpha value is -0.910. The normalized spacial score (nSPS) is 23.0. The topological polar surface area (TPSA) is 55.4 Å². The van der Waals surface area contributed by atoms with E-state index < -0.39 is 9.84 Å².